The third kappa shape index (κ3) is 3.45. The number of nitrogens with zero attached hydrogens (tertiary/aromatic N) is 2. The lowest BCUT2D eigenvalue weighted by molar-refractivity contribution is 0.0792. The lowest BCUT2D eigenvalue weighted by Crippen LogP contribution is -2.27. The number of likely N-dealkylation sites (tertiary alicyclic amines) is 1. The Balaban J connectivity index is 1.52. The van der Waals surface area contributed by atoms with Crippen LogP contribution in [0.4, 0.5) is 0 Å². The maximum atomic E-state index is 12.8. The summed E-state index contributed by atoms with van der Waals surface area (Å²) in [6.45, 7) is 3.80. The molecule has 2 fully saturated rings. The number of fused-ring (bicyclic) bond motifs is 1. The van der Waals surface area contributed by atoms with Crippen LogP contribution in [0.3, 0.4) is 0 Å². The van der Waals surface area contributed by atoms with Gasteiger partial charge in [-0.3, -0.25) is 4.79 Å². The monoisotopic (exact) mass is 404 g/mol. The van der Waals surface area contributed by atoms with Crippen LogP contribution in [0.2, 0.25) is 0 Å². The molecular formula is C24H28N4O2. The van der Waals surface area contributed by atoms with Crippen LogP contribution in [0.5, 0.6) is 5.75 Å². The van der Waals surface area contributed by atoms with Gasteiger partial charge in [-0.05, 0) is 74.7 Å². The molecule has 0 atom stereocenters. The number of H-pyrrole nitrogens is 1. The van der Waals surface area contributed by atoms with Crippen LogP contribution in [0.15, 0.2) is 36.5 Å². The summed E-state index contributed by atoms with van der Waals surface area (Å²) in [6, 6.07) is 10.1. The number of carbonyl (C=O) groups excluding carboxylic acids is 1. The fraction of sp³-hybridized carbons (Fsp3) is 0.417. The molecule has 30 heavy (non-hydrogen) atoms. The van der Waals surface area contributed by atoms with Gasteiger partial charge in [0.25, 0.3) is 5.91 Å². The summed E-state index contributed by atoms with van der Waals surface area (Å²) < 4.78 is 5.72. The number of aromatic amines is 1. The smallest absolute Gasteiger partial charge is 0.253 e. The minimum absolute atomic E-state index is 0.0899. The first-order valence-corrected chi connectivity index (χ1v) is 10.9. The minimum Gasteiger partial charge on any atom is -0.496 e. The molecule has 0 spiro atoms. The number of aromatic nitrogens is 2. The van der Waals surface area contributed by atoms with E-state index in [1.807, 2.05) is 35.4 Å². The highest BCUT2D eigenvalue weighted by atomic mass is 16.5. The van der Waals surface area contributed by atoms with Crippen molar-refractivity contribution in [1.82, 2.24) is 20.2 Å². The average molecular weight is 405 g/mol. The molecular weight excluding hydrogens is 376 g/mol. The molecule has 2 N–H and O–H groups in total. The van der Waals surface area contributed by atoms with E-state index in [4.69, 9.17) is 4.74 Å². The van der Waals surface area contributed by atoms with Crippen molar-refractivity contribution in [2.24, 2.45) is 0 Å². The predicted octanol–water partition coefficient (Wildman–Crippen LogP) is 3.94. The zero-order valence-electron chi connectivity index (χ0n) is 17.4. The highest BCUT2D eigenvalue weighted by Gasteiger charge is 2.22. The summed E-state index contributed by atoms with van der Waals surface area (Å²) in [7, 11) is 1.67. The first kappa shape index (κ1) is 19.1. The van der Waals surface area contributed by atoms with Crippen molar-refractivity contribution in [3.8, 4) is 16.9 Å². The number of piperidine rings is 1. The van der Waals surface area contributed by atoms with Gasteiger partial charge < -0.3 is 19.9 Å². The van der Waals surface area contributed by atoms with Gasteiger partial charge in [-0.2, -0.15) is 0 Å². The van der Waals surface area contributed by atoms with Gasteiger partial charge in [0.15, 0.2) is 0 Å². The number of benzene rings is 1. The standard InChI is InChI=1S/C24H28N4O2/c1-30-22-14-17(24(29)28-12-2-3-13-28)4-5-19(22)18-8-11-26-23-20(18)15-21(27-23)16-6-9-25-10-7-16/h4-5,8,11,14-16,25H,2-3,6-7,9-10,12-13H2,1H3,(H,26,27). The molecule has 2 aromatic heterocycles. The summed E-state index contributed by atoms with van der Waals surface area (Å²) in [4.78, 5) is 22.8. The molecule has 2 aliphatic rings. The molecule has 0 radical (unpaired) electrons. The average Bonchev–Trinajstić information content (AvgIpc) is 3.49. The molecule has 0 saturated carbocycles. The van der Waals surface area contributed by atoms with Crippen LogP contribution in [0, 0.1) is 0 Å². The molecule has 156 valence electrons. The minimum atomic E-state index is 0.0899. The van der Waals surface area contributed by atoms with E-state index in [2.05, 4.69) is 21.4 Å². The number of hydrogen-bond acceptors (Lipinski definition) is 4. The lowest BCUT2D eigenvalue weighted by atomic mass is 9.94. The predicted molar refractivity (Wildman–Crippen MR) is 118 cm³/mol. The Morgan fingerprint density at radius 2 is 1.90 bits per heavy atom. The van der Waals surface area contributed by atoms with E-state index in [0.29, 0.717) is 11.5 Å². The van der Waals surface area contributed by atoms with E-state index in [-0.39, 0.29) is 5.91 Å². The Hall–Kier alpha value is -2.86. The van der Waals surface area contributed by atoms with Gasteiger partial charge in [0.2, 0.25) is 0 Å². The molecule has 1 aromatic carbocycles. The van der Waals surface area contributed by atoms with Crippen LogP contribution >= 0.6 is 0 Å². The number of pyridine rings is 1. The lowest BCUT2D eigenvalue weighted by Gasteiger charge is -2.21. The summed E-state index contributed by atoms with van der Waals surface area (Å²) in [5, 5.41) is 4.53. The Morgan fingerprint density at radius 3 is 2.67 bits per heavy atom. The third-order valence-corrected chi connectivity index (χ3v) is 6.46. The number of rotatable bonds is 4. The van der Waals surface area contributed by atoms with Crippen molar-refractivity contribution < 1.29 is 9.53 Å². The van der Waals surface area contributed by atoms with Crippen LogP contribution in [-0.4, -0.2) is 54.1 Å². The van der Waals surface area contributed by atoms with Gasteiger partial charge in [0, 0.05) is 47.4 Å². The van der Waals surface area contributed by atoms with Crippen molar-refractivity contribution in [1.29, 1.82) is 0 Å². The van der Waals surface area contributed by atoms with Gasteiger partial charge in [-0.25, -0.2) is 4.98 Å². The fourth-order valence-corrected chi connectivity index (χ4v) is 4.78. The van der Waals surface area contributed by atoms with Crippen molar-refractivity contribution in [2.45, 2.75) is 31.6 Å². The fourth-order valence-electron chi connectivity index (χ4n) is 4.78. The van der Waals surface area contributed by atoms with Gasteiger partial charge in [0.1, 0.15) is 11.4 Å². The number of nitrogens with one attached hydrogen (secondary N) is 2. The Labute approximate surface area is 176 Å². The number of carbonyl (C=O) groups is 1. The number of amides is 1. The highest BCUT2D eigenvalue weighted by molar-refractivity contribution is 5.98. The van der Waals surface area contributed by atoms with Gasteiger partial charge in [-0.15, -0.1) is 0 Å². The molecule has 6 heteroatoms. The van der Waals surface area contributed by atoms with E-state index < -0.39 is 0 Å². The number of hydrogen-bond donors (Lipinski definition) is 2. The second-order valence-electron chi connectivity index (χ2n) is 8.28. The van der Waals surface area contributed by atoms with Gasteiger partial charge >= 0.3 is 0 Å². The normalized spacial score (nSPS) is 17.6. The zero-order valence-corrected chi connectivity index (χ0v) is 17.4. The Bertz CT molecular complexity index is 1060. The quantitative estimate of drug-likeness (QED) is 0.691. The summed E-state index contributed by atoms with van der Waals surface area (Å²) in [6.07, 6.45) is 6.28. The van der Waals surface area contributed by atoms with Gasteiger partial charge in [-0.1, -0.05) is 0 Å². The molecule has 3 aromatic rings. The summed E-state index contributed by atoms with van der Waals surface area (Å²) in [5.74, 6) is 1.35. The van der Waals surface area contributed by atoms with Crippen LogP contribution in [0.1, 0.15) is 47.7 Å². The first-order valence-electron chi connectivity index (χ1n) is 10.9. The molecule has 0 aliphatic carbocycles. The van der Waals surface area contributed by atoms with Crippen LogP contribution in [0.25, 0.3) is 22.2 Å². The van der Waals surface area contributed by atoms with Crippen molar-refractivity contribution in [2.75, 3.05) is 33.3 Å². The van der Waals surface area contributed by atoms with Crippen molar-refractivity contribution in [3.63, 3.8) is 0 Å². The van der Waals surface area contributed by atoms with Crippen molar-refractivity contribution >= 4 is 16.9 Å². The largest absolute Gasteiger partial charge is 0.496 e. The van der Waals surface area contributed by atoms with Crippen LogP contribution < -0.4 is 10.1 Å². The van der Waals surface area contributed by atoms with E-state index in [0.717, 1.165) is 79.8 Å². The SMILES string of the molecule is COc1cc(C(=O)N2CCCC2)ccc1-c1ccnc2[nH]c(C3CCNCC3)cc12. The summed E-state index contributed by atoms with van der Waals surface area (Å²) in [5.41, 5.74) is 4.91. The molecule has 6 nitrogen and oxygen atoms in total. The maximum absolute atomic E-state index is 12.8. The highest BCUT2D eigenvalue weighted by Crippen LogP contribution is 2.37. The molecule has 2 saturated heterocycles. The molecule has 2 aliphatic heterocycles. The van der Waals surface area contributed by atoms with Gasteiger partial charge in [0.05, 0.1) is 7.11 Å². The summed E-state index contributed by atoms with van der Waals surface area (Å²) >= 11 is 0. The molecule has 1 amide bonds. The molecule has 0 bridgehead atoms. The number of ether oxygens (including phenoxy) is 1. The molecule has 0 unspecified atom stereocenters. The molecule has 4 heterocycles. The topological polar surface area (TPSA) is 70.2 Å². The molecule has 5 rings (SSSR count). The Morgan fingerprint density at radius 1 is 1.10 bits per heavy atom. The second kappa shape index (κ2) is 8.11. The maximum Gasteiger partial charge on any atom is 0.253 e. The number of methoxy groups -OCH3 is 1. The zero-order chi connectivity index (χ0) is 20.5. The second-order valence-corrected chi connectivity index (χ2v) is 8.28. The first-order chi connectivity index (χ1) is 14.7. The van der Waals surface area contributed by atoms with E-state index in [1.165, 1.54) is 5.69 Å². The van der Waals surface area contributed by atoms with E-state index in [1.54, 1.807) is 7.11 Å². The van der Waals surface area contributed by atoms with E-state index in [9.17, 15) is 4.79 Å². The van der Waals surface area contributed by atoms with E-state index >= 15 is 0 Å². The Kier molecular flexibility index (Phi) is 5.17. The van der Waals surface area contributed by atoms with Crippen LogP contribution in [-0.2, 0) is 0 Å². The van der Waals surface area contributed by atoms with Crippen molar-refractivity contribution in [3.05, 3.63) is 47.8 Å². The third-order valence-electron chi connectivity index (χ3n) is 6.46.